The first-order valence-electron chi connectivity index (χ1n) is 5.58. The van der Waals surface area contributed by atoms with Crippen molar-refractivity contribution in [2.75, 3.05) is 0 Å². The molecular formula is C13H8Cl4O3S. The van der Waals surface area contributed by atoms with Crippen molar-refractivity contribution in [2.24, 2.45) is 0 Å². The van der Waals surface area contributed by atoms with E-state index in [9.17, 15) is 8.42 Å². The highest BCUT2D eigenvalue weighted by Gasteiger charge is 2.13. The first kappa shape index (κ1) is 16.7. The molecule has 2 aromatic rings. The van der Waals surface area contributed by atoms with E-state index in [-0.39, 0.29) is 16.5 Å². The Bertz CT molecular complexity index is 775. The Morgan fingerprint density at radius 1 is 0.905 bits per heavy atom. The molecule has 0 aromatic heterocycles. The van der Waals surface area contributed by atoms with Crippen LogP contribution in [0.4, 0.5) is 0 Å². The van der Waals surface area contributed by atoms with Gasteiger partial charge in [-0.1, -0.05) is 40.9 Å². The monoisotopic (exact) mass is 384 g/mol. The van der Waals surface area contributed by atoms with Gasteiger partial charge in [0.25, 0.3) is 9.05 Å². The smallest absolute Gasteiger partial charge is 0.261 e. The summed E-state index contributed by atoms with van der Waals surface area (Å²) < 4.78 is 27.9. The van der Waals surface area contributed by atoms with Crippen LogP contribution in [0.3, 0.4) is 0 Å². The number of rotatable bonds is 4. The number of hydrogen-bond acceptors (Lipinski definition) is 3. The molecule has 0 radical (unpaired) electrons. The molecule has 0 amide bonds. The third-order valence-electron chi connectivity index (χ3n) is 2.56. The maximum Gasteiger partial charge on any atom is 0.261 e. The maximum atomic E-state index is 11.2. The third kappa shape index (κ3) is 4.41. The quantitative estimate of drug-likeness (QED) is 0.683. The standard InChI is InChI=1S/C13H8Cl4O3S/c14-10-3-1-8(5-11(10)15)7-20-13-4-2-9(6-12(13)16)21(17,18)19/h1-6H,7H2. The summed E-state index contributed by atoms with van der Waals surface area (Å²) in [7, 11) is 1.41. The molecule has 0 heterocycles. The van der Waals surface area contributed by atoms with Gasteiger partial charge in [0.1, 0.15) is 12.4 Å². The van der Waals surface area contributed by atoms with Crippen LogP contribution in [0, 0.1) is 0 Å². The van der Waals surface area contributed by atoms with Gasteiger partial charge in [0.2, 0.25) is 0 Å². The van der Waals surface area contributed by atoms with Crippen molar-refractivity contribution >= 4 is 54.5 Å². The van der Waals surface area contributed by atoms with Gasteiger partial charge in [-0.05, 0) is 35.9 Å². The summed E-state index contributed by atoms with van der Waals surface area (Å²) >= 11 is 17.7. The Kier molecular flexibility index (Phi) is 5.28. The Balaban J connectivity index is 2.15. The summed E-state index contributed by atoms with van der Waals surface area (Å²) in [5.41, 5.74) is 0.800. The number of halogens is 4. The summed E-state index contributed by atoms with van der Waals surface area (Å²) in [6.45, 7) is 0.212. The van der Waals surface area contributed by atoms with Crippen LogP contribution in [0.25, 0.3) is 0 Å². The van der Waals surface area contributed by atoms with Gasteiger partial charge >= 0.3 is 0 Å². The molecule has 0 aliphatic heterocycles. The van der Waals surface area contributed by atoms with E-state index in [1.807, 2.05) is 0 Å². The van der Waals surface area contributed by atoms with Crippen LogP contribution in [0.2, 0.25) is 15.1 Å². The third-order valence-corrected chi connectivity index (χ3v) is 4.95. The fraction of sp³-hybridized carbons (Fsp3) is 0.0769. The minimum absolute atomic E-state index is 0.0870. The fourth-order valence-corrected chi connectivity index (χ4v) is 2.94. The Morgan fingerprint density at radius 2 is 1.62 bits per heavy atom. The van der Waals surface area contributed by atoms with E-state index in [2.05, 4.69) is 0 Å². The highest BCUT2D eigenvalue weighted by molar-refractivity contribution is 8.13. The van der Waals surface area contributed by atoms with Crippen molar-refractivity contribution in [3.05, 3.63) is 57.0 Å². The fourth-order valence-electron chi connectivity index (χ4n) is 1.54. The number of benzene rings is 2. The molecule has 0 spiro atoms. The van der Waals surface area contributed by atoms with E-state index in [0.717, 1.165) is 5.56 Å². The zero-order chi connectivity index (χ0) is 15.6. The molecule has 3 nitrogen and oxygen atoms in total. The molecule has 112 valence electrons. The molecule has 8 heteroatoms. The summed E-state index contributed by atoms with van der Waals surface area (Å²) in [5, 5.41) is 1.03. The molecule has 0 atom stereocenters. The average molecular weight is 386 g/mol. The summed E-state index contributed by atoms with van der Waals surface area (Å²) in [6.07, 6.45) is 0. The van der Waals surface area contributed by atoms with E-state index >= 15 is 0 Å². The van der Waals surface area contributed by atoms with E-state index in [4.69, 9.17) is 50.2 Å². The second-order valence-electron chi connectivity index (χ2n) is 4.07. The molecule has 0 fully saturated rings. The predicted molar refractivity (Wildman–Crippen MR) is 85.3 cm³/mol. The molecule has 2 aromatic carbocycles. The molecule has 0 saturated carbocycles. The van der Waals surface area contributed by atoms with Gasteiger partial charge in [-0.25, -0.2) is 8.42 Å². The van der Waals surface area contributed by atoms with E-state index in [0.29, 0.717) is 15.8 Å². The molecule has 2 rings (SSSR count). The van der Waals surface area contributed by atoms with Crippen molar-refractivity contribution in [1.29, 1.82) is 0 Å². The van der Waals surface area contributed by atoms with Gasteiger partial charge in [0, 0.05) is 10.7 Å². The first-order valence-corrected chi connectivity index (χ1v) is 9.02. The Labute approximate surface area is 141 Å². The lowest BCUT2D eigenvalue weighted by molar-refractivity contribution is 0.306. The topological polar surface area (TPSA) is 43.4 Å². The van der Waals surface area contributed by atoms with Gasteiger partial charge in [0.15, 0.2) is 0 Å². The highest BCUT2D eigenvalue weighted by atomic mass is 35.7. The van der Waals surface area contributed by atoms with Crippen molar-refractivity contribution in [3.8, 4) is 5.75 Å². The van der Waals surface area contributed by atoms with Crippen LogP contribution in [0.15, 0.2) is 41.3 Å². The van der Waals surface area contributed by atoms with Crippen molar-refractivity contribution < 1.29 is 13.2 Å². The maximum absolute atomic E-state index is 11.2. The lowest BCUT2D eigenvalue weighted by Gasteiger charge is -2.09. The number of hydrogen-bond donors (Lipinski definition) is 0. The van der Waals surface area contributed by atoms with E-state index in [1.165, 1.54) is 18.2 Å². The first-order chi connectivity index (χ1) is 9.77. The minimum Gasteiger partial charge on any atom is -0.487 e. The average Bonchev–Trinajstić information content (AvgIpc) is 2.40. The van der Waals surface area contributed by atoms with Gasteiger partial charge in [-0.2, -0.15) is 0 Å². The van der Waals surface area contributed by atoms with Crippen LogP contribution in [-0.2, 0) is 15.7 Å². The Hall–Kier alpha value is -0.650. The van der Waals surface area contributed by atoms with Gasteiger partial charge in [0.05, 0.1) is 20.0 Å². The summed E-state index contributed by atoms with van der Waals surface area (Å²) in [5.74, 6) is 0.340. The minimum atomic E-state index is -3.82. The Morgan fingerprint density at radius 3 is 2.19 bits per heavy atom. The SMILES string of the molecule is O=S(=O)(Cl)c1ccc(OCc2ccc(Cl)c(Cl)c2)c(Cl)c1. The molecule has 0 saturated heterocycles. The van der Waals surface area contributed by atoms with E-state index in [1.54, 1.807) is 18.2 Å². The van der Waals surface area contributed by atoms with Crippen molar-refractivity contribution in [2.45, 2.75) is 11.5 Å². The van der Waals surface area contributed by atoms with Crippen LogP contribution in [-0.4, -0.2) is 8.42 Å². The van der Waals surface area contributed by atoms with Crippen molar-refractivity contribution in [1.82, 2.24) is 0 Å². The largest absolute Gasteiger partial charge is 0.487 e. The van der Waals surface area contributed by atoms with Gasteiger partial charge < -0.3 is 4.74 Å². The molecule has 21 heavy (non-hydrogen) atoms. The number of ether oxygens (including phenoxy) is 1. The zero-order valence-corrected chi connectivity index (χ0v) is 14.2. The molecule has 0 aliphatic carbocycles. The highest BCUT2D eigenvalue weighted by Crippen LogP contribution is 2.30. The van der Waals surface area contributed by atoms with Crippen molar-refractivity contribution in [3.63, 3.8) is 0 Å². The molecule has 0 unspecified atom stereocenters. The van der Waals surface area contributed by atoms with Crippen LogP contribution < -0.4 is 4.74 Å². The van der Waals surface area contributed by atoms with E-state index < -0.39 is 9.05 Å². The molecule has 0 N–H and O–H groups in total. The van der Waals surface area contributed by atoms with Gasteiger partial charge in [-0.15, -0.1) is 0 Å². The molecule has 0 bridgehead atoms. The second-order valence-corrected chi connectivity index (χ2v) is 7.85. The van der Waals surface area contributed by atoms with Gasteiger partial charge in [-0.3, -0.25) is 0 Å². The lowest BCUT2D eigenvalue weighted by Crippen LogP contribution is -1.97. The summed E-state index contributed by atoms with van der Waals surface area (Å²) in [4.78, 5) is -0.0870. The molecular weight excluding hydrogens is 378 g/mol. The zero-order valence-electron chi connectivity index (χ0n) is 10.3. The predicted octanol–water partition coefficient (Wildman–Crippen LogP) is 5.15. The molecule has 0 aliphatic rings. The van der Waals surface area contributed by atoms with Crippen LogP contribution in [0.1, 0.15) is 5.56 Å². The summed E-state index contributed by atoms with van der Waals surface area (Å²) in [6, 6.07) is 9.09. The normalized spacial score (nSPS) is 11.4. The van der Waals surface area contributed by atoms with Crippen LogP contribution >= 0.6 is 45.5 Å². The lowest BCUT2D eigenvalue weighted by atomic mass is 10.2. The second kappa shape index (κ2) is 6.63. The van der Waals surface area contributed by atoms with Crippen LogP contribution in [0.5, 0.6) is 5.75 Å².